The third kappa shape index (κ3) is 6.47. The van der Waals surface area contributed by atoms with Gasteiger partial charge in [-0.15, -0.1) is 6.58 Å². The molecule has 0 atom stereocenters. The standard InChI is InChI=1S/C14H26N2O/c1-3-9-15-11-14(17)16-10-8-13-6-4-12(2)5-7-13/h3,12-13,15H,1,4-11H2,2H3,(H,16,17). The van der Waals surface area contributed by atoms with Crippen molar-refractivity contribution in [1.29, 1.82) is 0 Å². The number of carbonyl (C=O) groups excluding carboxylic acids is 1. The van der Waals surface area contributed by atoms with Crippen molar-refractivity contribution in [2.75, 3.05) is 19.6 Å². The lowest BCUT2D eigenvalue weighted by atomic mass is 9.81. The molecule has 1 aliphatic carbocycles. The van der Waals surface area contributed by atoms with Gasteiger partial charge in [-0.25, -0.2) is 0 Å². The summed E-state index contributed by atoms with van der Waals surface area (Å²) in [6.07, 6.45) is 8.30. The number of hydrogen-bond donors (Lipinski definition) is 2. The molecule has 0 aromatic heterocycles. The summed E-state index contributed by atoms with van der Waals surface area (Å²) in [6, 6.07) is 0. The molecule has 0 heterocycles. The second-order valence-corrected chi connectivity index (χ2v) is 5.18. The van der Waals surface area contributed by atoms with Gasteiger partial charge >= 0.3 is 0 Å². The molecule has 3 heteroatoms. The Bertz CT molecular complexity index is 232. The van der Waals surface area contributed by atoms with Gasteiger partial charge in [-0.1, -0.05) is 38.7 Å². The van der Waals surface area contributed by atoms with E-state index < -0.39 is 0 Å². The van der Waals surface area contributed by atoms with Crippen molar-refractivity contribution in [2.24, 2.45) is 11.8 Å². The van der Waals surface area contributed by atoms with Crippen molar-refractivity contribution in [3.63, 3.8) is 0 Å². The van der Waals surface area contributed by atoms with E-state index in [0.29, 0.717) is 13.1 Å². The Hall–Kier alpha value is -0.830. The predicted octanol–water partition coefficient (Wildman–Crippen LogP) is 2.09. The maximum Gasteiger partial charge on any atom is 0.233 e. The van der Waals surface area contributed by atoms with Gasteiger partial charge in [0.05, 0.1) is 6.54 Å². The van der Waals surface area contributed by atoms with Crippen LogP contribution in [-0.4, -0.2) is 25.5 Å². The van der Waals surface area contributed by atoms with Gasteiger partial charge in [0.15, 0.2) is 0 Å². The molecule has 1 fully saturated rings. The molecular weight excluding hydrogens is 212 g/mol. The highest BCUT2D eigenvalue weighted by Crippen LogP contribution is 2.29. The van der Waals surface area contributed by atoms with E-state index >= 15 is 0 Å². The molecule has 2 N–H and O–H groups in total. The third-order valence-electron chi connectivity index (χ3n) is 3.58. The minimum absolute atomic E-state index is 0.0935. The lowest BCUT2D eigenvalue weighted by Crippen LogP contribution is -2.35. The molecule has 3 nitrogen and oxygen atoms in total. The molecule has 0 aliphatic heterocycles. The quantitative estimate of drug-likeness (QED) is 0.527. The van der Waals surface area contributed by atoms with Gasteiger partial charge in [-0.2, -0.15) is 0 Å². The molecule has 17 heavy (non-hydrogen) atoms. The molecule has 1 aliphatic rings. The van der Waals surface area contributed by atoms with E-state index in [0.717, 1.165) is 24.8 Å². The van der Waals surface area contributed by atoms with Crippen LogP contribution >= 0.6 is 0 Å². The van der Waals surface area contributed by atoms with Gasteiger partial charge in [-0.3, -0.25) is 4.79 Å². The summed E-state index contributed by atoms with van der Waals surface area (Å²) in [6.45, 7) is 7.84. The van der Waals surface area contributed by atoms with Crippen LogP contribution in [0.4, 0.5) is 0 Å². The monoisotopic (exact) mass is 238 g/mol. The minimum Gasteiger partial charge on any atom is -0.355 e. The maximum atomic E-state index is 11.4. The van der Waals surface area contributed by atoms with E-state index in [1.165, 1.54) is 25.7 Å². The number of nitrogens with one attached hydrogen (secondary N) is 2. The van der Waals surface area contributed by atoms with E-state index in [9.17, 15) is 4.79 Å². The van der Waals surface area contributed by atoms with Crippen LogP contribution in [0, 0.1) is 11.8 Å². The van der Waals surface area contributed by atoms with Crippen LogP contribution < -0.4 is 10.6 Å². The van der Waals surface area contributed by atoms with Crippen LogP contribution in [0.5, 0.6) is 0 Å². The fraction of sp³-hybridized carbons (Fsp3) is 0.786. The summed E-state index contributed by atoms with van der Waals surface area (Å²) in [5.74, 6) is 1.83. The van der Waals surface area contributed by atoms with E-state index in [2.05, 4.69) is 24.1 Å². The zero-order valence-corrected chi connectivity index (χ0v) is 11.0. The Morgan fingerprint density at radius 1 is 1.35 bits per heavy atom. The molecule has 0 bridgehead atoms. The first-order valence-corrected chi connectivity index (χ1v) is 6.80. The summed E-state index contributed by atoms with van der Waals surface area (Å²) in [4.78, 5) is 11.4. The van der Waals surface area contributed by atoms with Crippen molar-refractivity contribution < 1.29 is 4.79 Å². The first-order chi connectivity index (χ1) is 8.22. The molecule has 0 spiro atoms. The number of amides is 1. The fourth-order valence-corrected chi connectivity index (χ4v) is 2.38. The number of rotatable bonds is 7. The van der Waals surface area contributed by atoms with Gasteiger partial charge in [-0.05, 0) is 18.3 Å². The molecule has 1 saturated carbocycles. The molecular formula is C14H26N2O. The van der Waals surface area contributed by atoms with Crippen molar-refractivity contribution in [1.82, 2.24) is 10.6 Å². The zero-order chi connectivity index (χ0) is 12.5. The van der Waals surface area contributed by atoms with E-state index in [1.54, 1.807) is 6.08 Å². The van der Waals surface area contributed by atoms with Crippen molar-refractivity contribution in [2.45, 2.75) is 39.0 Å². The van der Waals surface area contributed by atoms with E-state index in [-0.39, 0.29) is 5.91 Å². The van der Waals surface area contributed by atoms with Crippen LogP contribution in [0.2, 0.25) is 0 Å². The molecule has 0 aromatic rings. The van der Waals surface area contributed by atoms with E-state index in [4.69, 9.17) is 0 Å². The molecule has 0 unspecified atom stereocenters. The molecule has 98 valence electrons. The topological polar surface area (TPSA) is 41.1 Å². The fourth-order valence-electron chi connectivity index (χ4n) is 2.38. The summed E-state index contributed by atoms with van der Waals surface area (Å²) in [5.41, 5.74) is 0. The van der Waals surface area contributed by atoms with Crippen molar-refractivity contribution in [3.05, 3.63) is 12.7 Å². The maximum absolute atomic E-state index is 11.4. The summed E-state index contributed by atoms with van der Waals surface area (Å²) in [7, 11) is 0. The number of carbonyl (C=O) groups is 1. The van der Waals surface area contributed by atoms with Gasteiger partial charge in [0.1, 0.15) is 0 Å². The molecule has 0 saturated heterocycles. The highest BCUT2D eigenvalue weighted by molar-refractivity contribution is 5.77. The zero-order valence-electron chi connectivity index (χ0n) is 11.0. The average molecular weight is 238 g/mol. The summed E-state index contributed by atoms with van der Waals surface area (Å²) < 4.78 is 0. The van der Waals surface area contributed by atoms with Crippen LogP contribution in [0.15, 0.2) is 12.7 Å². The second-order valence-electron chi connectivity index (χ2n) is 5.18. The summed E-state index contributed by atoms with van der Waals surface area (Å²) in [5, 5.41) is 5.96. The predicted molar refractivity (Wildman–Crippen MR) is 71.8 cm³/mol. The lowest BCUT2D eigenvalue weighted by Gasteiger charge is -2.26. The van der Waals surface area contributed by atoms with Crippen LogP contribution in [-0.2, 0) is 4.79 Å². The molecule has 0 radical (unpaired) electrons. The highest BCUT2D eigenvalue weighted by atomic mass is 16.1. The van der Waals surface area contributed by atoms with E-state index in [1.807, 2.05) is 0 Å². The lowest BCUT2D eigenvalue weighted by molar-refractivity contribution is -0.120. The Kier molecular flexibility index (Phi) is 6.94. The largest absolute Gasteiger partial charge is 0.355 e. The average Bonchev–Trinajstić information content (AvgIpc) is 2.32. The van der Waals surface area contributed by atoms with Crippen LogP contribution in [0.3, 0.4) is 0 Å². The Balaban J connectivity index is 1.99. The van der Waals surface area contributed by atoms with Crippen molar-refractivity contribution in [3.8, 4) is 0 Å². The highest BCUT2D eigenvalue weighted by Gasteiger charge is 2.17. The minimum atomic E-state index is 0.0935. The van der Waals surface area contributed by atoms with Gasteiger partial charge in [0, 0.05) is 13.1 Å². The summed E-state index contributed by atoms with van der Waals surface area (Å²) >= 11 is 0. The Morgan fingerprint density at radius 2 is 2.06 bits per heavy atom. The molecule has 0 aromatic carbocycles. The third-order valence-corrected chi connectivity index (χ3v) is 3.58. The number of hydrogen-bond acceptors (Lipinski definition) is 2. The first-order valence-electron chi connectivity index (χ1n) is 6.80. The van der Waals surface area contributed by atoms with Crippen LogP contribution in [0.1, 0.15) is 39.0 Å². The van der Waals surface area contributed by atoms with Crippen LogP contribution in [0.25, 0.3) is 0 Å². The Labute approximate surface area is 105 Å². The first kappa shape index (κ1) is 14.2. The molecule has 1 amide bonds. The Morgan fingerprint density at radius 3 is 2.71 bits per heavy atom. The molecule has 1 rings (SSSR count). The van der Waals surface area contributed by atoms with Crippen molar-refractivity contribution >= 4 is 5.91 Å². The van der Waals surface area contributed by atoms with Gasteiger partial charge in [0.25, 0.3) is 0 Å². The second kappa shape index (κ2) is 8.29. The normalized spacial score (nSPS) is 24.3. The smallest absolute Gasteiger partial charge is 0.233 e. The van der Waals surface area contributed by atoms with Gasteiger partial charge in [0.2, 0.25) is 5.91 Å². The SMILES string of the molecule is C=CCNCC(=O)NCCC1CCC(C)CC1. The van der Waals surface area contributed by atoms with Gasteiger partial charge < -0.3 is 10.6 Å².